The molecule has 0 aliphatic rings. The van der Waals surface area contributed by atoms with E-state index >= 15 is 0 Å². The van der Waals surface area contributed by atoms with Gasteiger partial charge in [-0.25, -0.2) is 5.06 Å². The molecule has 4 nitrogen and oxygen atoms in total. The molecule has 0 aromatic rings. The quantitative estimate of drug-likeness (QED) is 0.257. The van der Waals surface area contributed by atoms with Crippen molar-refractivity contribution in [3.05, 3.63) is 25.8 Å². The monoisotopic (exact) mass is 303 g/mol. The minimum absolute atomic E-state index is 0. The molecule has 0 heterocycles. The van der Waals surface area contributed by atoms with Crippen LogP contribution in [0.2, 0.25) is 0 Å². The predicted octanol–water partition coefficient (Wildman–Crippen LogP) is -1.98. The van der Waals surface area contributed by atoms with E-state index in [0.717, 1.165) is 5.06 Å². The number of hydrogen-bond donors (Lipinski definition) is 0. The van der Waals surface area contributed by atoms with Gasteiger partial charge in [0.2, 0.25) is 5.91 Å². The van der Waals surface area contributed by atoms with Crippen LogP contribution < -0.4 is 17.0 Å². The maximum atomic E-state index is 10.2. The third kappa shape index (κ3) is 37.1. The van der Waals surface area contributed by atoms with Crippen molar-refractivity contribution < 1.29 is 31.4 Å². The largest absolute Gasteiger partial charge is 2.00 e. The van der Waals surface area contributed by atoms with Crippen LogP contribution in [0, 0.1) is 6.58 Å². The van der Waals surface area contributed by atoms with Crippen LogP contribution >= 0.6 is 0 Å². The Hall–Kier alpha value is -0.174. The van der Waals surface area contributed by atoms with E-state index in [-0.39, 0.29) is 51.7 Å². The van der Waals surface area contributed by atoms with Crippen LogP contribution in [0.25, 0.3) is 0 Å². The van der Waals surface area contributed by atoms with E-state index in [0.29, 0.717) is 0 Å². The molecule has 16 heavy (non-hydrogen) atoms. The van der Waals surface area contributed by atoms with Gasteiger partial charge in [-0.3, -0.25) is 21.0 Å². The number of rotatable bonds is 2. The Morgan fingerprint density at radius 2 is 1.56 bits per heavy atom. The van der Waals surface area contributed by atoms with E-state index in [1.165, 1.54) is 27.0 Å². The Bertz CT molecular complexity index is 189. The normalized spacial score (nSPS) is 6.00. The van der Waals surface area contributed by atoms with E-state index in [9.17, 15) is 9.59 Å². The van der Waals surface area contributed by atoms with Crippen molar-refractivity contribution in [1.29, 1.82) is 0 Å². The average Bonchev–Trinajstić information content (AvgIpc) is 2.20. The molecular formula is C10H18BrMgNO3. The van der Waals surface area contributed by atoms with Gasteiger partial charge in [0.15, 0.2) is 5.78 Å². The first-order valence-corrected chi connectivity index (χ1v) is 3.78. The van der Waals surface area contributed by atoms with E-state index < -0.39 is 0 Å². The number of hydrogen-bond acceptors (Lipinski definition) is 3. The molecule has 6 heteroatoms. The Morgan fingerprint density at radius 1 is 1.31 bits per heavy atom. The van der Waals surface area contributed by atoms with Gasteiger partial charge in [-0.05, 0) is 13.0 Å². The molecule has 0 N–H and O–H groups in total. The maximum Gasteiger partial charge on any atom is 2.00 e. The fourth-order valence-electron chi connectivity index (χ4n) is 0.129. The van der Waals surface area contributed by atoms with Gasteiger partial charge in [0.25, 0.3) is 0 Å². The van der Waals surface area contributed by atoms with Crippen molar-refractivity contribution in [2.45, 2.75) is 13.8 Å². The number of halogens is 1. The summed E-state index contributed by atoms with van der Waals surface area (Å²) >= 11 is 0. The number of carbonyl (C=O) groups excluding carboxylic acids is 2. The summed E-state index contributed by atoms with van der Waals surface area (Å²) in [5.41, 5.74) is 0. The molecule has 1 amide bonds. The first-order valence-electron chi connectivity index (χ1n) is 3.78. The fourth-order valence-corrected chi connectivity index (χ4v) is 0.129. The van der Waals surface area contributed by atoms with E-state index in [1.807, 2.05) is 0 Å². The second kappa shape index (κ2) is 24.2. The number of hydroxylamine groups is 2. The topological polar surface area (TPSA) is 46.6 Å². The van der Waals surface area contributed by atoms with Crippen LogP contribution in [-0.2, 0) is 14.4 Å². The summed E-state index contributed by atoms with van der Waals surface area (Å²) in [4.78, 5) is 24.4. The Kier molecular flexibility index (Phi) is 44.9. The summed E-state index contributed by atoms with van der Waals surface area (Å²) in [6.07, 6.45) is 1.28. The minimum atomic E-state index is -0.0949. The Labute approximate surface area is 125 Å². The number of carbonyl (C=O) groups is 2. The minimum Gasteiger partial charge on any atom is -1.00 e. The smallest absolute Gasteiger partial charge is 1.00 e. The SMILES string of the molecule is C=CC(C)=O.CON(C)C(C)=O.[Br-].[CH-]=C.[Mg+2]. The molecule has 0 aromatic carbocycles. The first-order chi connectivity index (χ1) is 6.45. The molecule has 0 atom stereocenters. The van der Waals surface area contributed by atoms with Crippen LogP contribution in [0.4, 0.5) is 0 Å². The third-order valence-corrected chi connectivity index (χ3v) is 1.00. The van der Waals surface area contributed by atoms with Gasteiger partial charge in [0.05, 0.1) is 7.11 Å². The van der Waals surface area contributed by atoms with E-state index in [4.69, 9.17) is 0 Å². The van der Waals surface area contributed by atoms with Gasteiger partial charge < -0.3 is 23.6 Å². The van der Waals surface area contributed by atoms with Crippen LogP contribution in [0.3, 0.4) is 0 Å². The zero-order valence-electron chi connectivity index (χ0n) is 10.3. The zero-order valence-corrected chi connectivity index (χ0v) is 13.3. The molecule has 0 radical (unpaired) electrons. The summed E-state index contributed by atoms with van der Waals surface area (Å²) in [6.45, 7) is 13.1. The van der Waals surface area contributed by atoms with Gasteiger partial charge in [-0.2, -0.15) is 0 Å². The predicted molar refractivity (Wildman–Crippen MR) is 62.0 cm³/mol. The molecule has 0 aliphatic heterocycles. The summed E-state index contributed by atoms with van der Waals surface area (Å²) in [5.74, 6) is -0.0764. The zero-order chi connectivity index (χ0) is 12.1. The van der Waals surface area contributed by atoms with Crippen LogP contribution in [0.5, 0.6) is 0 Å². The van der Waals surface area contributed by atoms with Gasteiger partial charge in [0, 0.05) is 14.0 Å². The first kappa shape index (κ1) is 29.7. The van der Waals surface area contributed by atoms with Gasteiger partial charge in [-0.1, -0.05) is 6.58 Å². The Balaban J connectivity index is -0.0000000404. The molecule has 0 aliphatic carbocycles. The van der Waals surface area contributed by atoms with Crippen molar-refractivity contribution in [2.75, 3.05) is 14.2 Å². The second-order valence-corrected chi connectivity index (χ2v) is 2.01. The molecule has 0 fully saturated rings. The van der Waals surface area contributed by atoms with Crippen LogP contribution in [0.15, 0.2) is 19.2 Å². The summed E-state index contributed by atoms with van der Waals surface area (Å²) in [6, 6.07) is 0. The number of ketones is 1. The number of nitrogens with zero attached hydrogens (tertiary/aromatic N) is 1. The molecule has 0 rings (SSSR count). The van der Waals surface area contributed by atoms with E-state index in [1.54, 1.807) is 7.05 Å². The molecule has 0 spiro atoms. The van der Waals surface area contributed by atoms with Crippen LogP contribution in [-0.4, -0.2) is 54.0 Å². The van der Waals surface area contributed by atoms with Crippen LogP contribution in [0.1, 0.15) is 13.8 Å². The molecule has 0 saturated carbocycles. The number of allylic oxidation sites excluding steroid dienone is 1. The van der Waals surface area contributed by atoms with E-state index in [2.05, 4.69) is 24.6 Å². The molecule has 90 valence electrons. The van der Waals surface area contributed by atoms with Gasteiger partial charge in [0.1, 0.15) is 0 Å². The molecular weight excluding hydrogens is 286 g/mol. The van der Waals surface area contributed by atoms with Crippen molar-refractivity contribution >= 4 is 34.7 Å². The number of amides is 1. The van der Waals surface area contributed by atoms with Crippen molar-refractivity contribution in [1.82, 2.24) is 5.06 Å². The Morgan fingerprint density at radius 3 is 1.56 bits per heavy atom. The van der Waals surface area contributed by atoms with Gasteiger partial charge in [-0.15, -0.1) is 0 Å². The summed E-state index contributed by atoms with van der Waals surface area (Å²) in [5, 5.41) is 1.15. The molecule has 0 aromatic heterocycles. The average molecular weight is 304 g/mol. The fraction of sp³-hybridized carbons (Fsp3) is 0.400. The molecule has 0 bridgehead atoms. The van der Waals surface area contributed by atoms with Crippen molar-refractivity contribution in [3.63, 3.8) is 0 Å². The standard InChI is InChI=1S/C4H9NO2.C4H6O.C2H3.BrH.Mg/c1-4(6)5(2)7-3;1-3-4(2)5;1-2;;/h1-3H3;3H,1H2,2H3;1H,2H2;1H;/q;;-1;;+2/p-1. The van der Waals surface area contributed by atoms with Crippen molar-refractivity contribution in [2.24, 2.45) is 0 Å². The van der Waals surface area contributed by atoms with Gasteiger partial charge >= 0.3 is 23.1 Å². The maximum absolute atomic E-state index is 10.2. The summed E-state index contributed by atoms with van der Waals surface area (Å²) < 4.78 is 0. The van der Waals surface area contributed by atoms with Crippen molar-refractivity contribution in [3.8, 4) is 0 Å². The summed E-state index contributed by atoms with van der Waals surface area (Å²) in [7, 11) is 3.00. The molecule has 0 saturated heterocycles. The third-order valence-electron chi connectivity index (χ3n) is 1.00. The second-order valence-electron chi connectivity index (χ2n) is 2.01. The molecule has 0 unspecified atom stereocenters.